The summed E-state index contributed by atoms with van der Waals surface area (Å²) in [5, 5.41) is 11.2. The monoisotopic (exact) mass is 475 g/mol. The first kappa shape index (κ1) is 23.1. The van der Waals surface area contributed by atoms with Gasteiger partial charge < -0.3 is 14.5 Å². The maximum absolute atomic E-state index is 11.9. The molecule has 1 heterocycles. The van der Waals surface area contributed by atoms with E-state index in [2.05, 4.69) is 26.4 Å². The summed E-state index contributed by atoms with van der Waals surface area (Å²) in [5.74, 6) is -0.543. The van der Waals surface area contributed by atoms with Crippen LogP contribution in [-0.4, -0.2) is 40.3 Å². The average Bonchev–Trinajstić information content (AvgIpc) is 3.25. The fourth-order valence-corrected chi connectivity index (χ4v) is 3.03. The summed E-state index contributed by atoms with van der Waals surface area (Å²) in [5.41, 5.74) is 5.73. The zero-order chi connectivity index (χ0) is 22.9. The van der Waals surface area contributed by atoms with Crippen LogP contribution in [0.15, 0.2) is 58.2 Å². The fraction of sp³-hybridized carbons (Fsp3) is 0.150. The van der Waals surface area contributed by atoms with Gasteiger partial charge in [-0.15, -0.1) is 10.2 Å². The molecule has 0 saturated carbocycles. The smallest absolute Gasteiger partial charge is 0.277 e. The summed E-state index contributed by atoms with van der Waals surface area (Å²) in [6.45, 7) is 1.13. The van der Waals surface area contributed by atoms with Gasteiger partial charge in [0, 0.05) is 23.2 Å². The van der Waals surface area contributed by atoms with Gasteiger partial charge in [0.2, 0.25) is 17.7 Å². The summed E-state index contributed by atoms with van der Waals surface area (Å²) in [6.07, 6.45) is 0. The molecule has 0 aliphatic heterocycles. The van der Waals surface area contributed by atoms with Crippen molar-refractivity contribution in [2.45, 2.75) is 12.1 Å². The normalized spacial score (nSPS) is 10.3. The lowest BCUT2D eigenvalue weighted by Crippen LogP contribution is -2.44. The lowest BCUT2D eigenvalue weighted by molar-refractivity contribution is -0.128. The molecule has 0 saturated heterocycles. The van der Waals surface area contributed by atoms with Crippen molar-refractivity contribution in [3.05, 3.63) is 53.6 Å². The Morgan fingerprint density at radius 2 is 1.81 bits per heavy atom. The van der Waals surface area contributed by atoms with Crippen molar-refractivity contribution in [3.63, 3.8) is 0 Å². The number of nitrogens with zero attached hydrogens (tertiary/aromatic N) is 2. The number of benzene rings is 2. The molecule has 166 valence electrons. The van der Waals surface area contributed by atoms with Crippen molar-refractivity contribution in [1.82, 2.24) is 21.0 Å². The lowest BCUT2D eigenvalue weighted by atomic mass is 10.2. The maximum Gasteiger partial charge on any atom is 0.277 e. The minimum absolute atomic E-state index is 0.0636. The Balaban J connectivity index is 1.41. The van der Waals surface area contributed by atoms with Gasteiger partial charge in [-0.3, -0.25) is 25.2 Å². The highest BCUT2D eigenvalue weighted by Gasteiger charge is 2.12. The first-order valence-corrected chi connectivity index (χ1v) is 10.6. The molecule has 0 fully saturated rings. The zero-order valence-corrected chi connectivity index (χ0v) is 18.3. The zero-order valence-electron chi connectivity index (χ0n) is 16.8. The van der Waals surface area contributed by atoms with Crippen LogP contribution in [0.25, 0.3) is 11.5 Å². The molecule has 0 radical (unpaired) electrons. The second-order valence-corrected chi connectivity index (χ2v) is 7.63. The molecule has 0 spiro atoms. The highest BCUT2D eigenvalue weighted by molar-refractivity contribution is 7.99. The Morgan fingerprint density at radius 1 is 1.06 bits per heavy atom. The van der Waals surface area contributed by atoms with E-state index in [0.717, 1.165) is 11.8 Å². The van der Waals surface area contributed by atoms with Crippen LogP contribution in [0.5, 0.6) is 5.75 Å². The lowest BCUT2D eigenvalue weighted by Gasteiger charge is -2.08. The molecule has 0 bridgehead atoms. The molecule has 3 N–H and O–H groups in total. The SMILES string of the molecule is CC(=O)Nc1cccc(-c2nnc(SCC(=O)NNC(=O)COc3ccc(Cl)cc3)o2)c1. The van der Waals surface area contributed by atoms with Crippen LogP contribution in [0.4, 0.5) is 5.69 Å². The number of carbonyl (C=O) groups is 3. The number of thioether (sulfide) groups is 1. The topological polar surface area (TPSA) is 135 Å². The Kier molecular flexibility index (Phi) is 8.06. The summed E-state index contributed by atoms with van der Waals surface area (Å²) < 4.78 is 10.8. The van der Waals surface area contributed by atoms with E-state index in [4.69, 9.17) is 20.8 Å². The number of hydrogen-bond donors (Lipinski definition) is 3. The van der Waals surface area contributed by atoms with Crippen molar-refractivity contribution in [2.75, 3.05) is 17.7 Å². The standard InChI is InChI=1S/C20H18ClN5O5S/c1-12(27)22-15-4-2-3-13(9-15)19-25-26-20(31-19)32-11-18(29)24-23-17(28)10-30-16-7-5-14(21)6-8-16/h2-9H,10-11H2,1H3,(H,22,27)(H,23,28)(H,24,29). The van der Waals surface area contributed by atoms with E-state index in [1.54, 1.807) is 48.5 Å². The molecule has 0 aliphatic rings. The number of carbonyl (C=O) groups excluding carboxylic acids is 3. The third-order valence-electron chi connectivity index (χ3n) is 3.69. The molecular formula is C20H18ClN5O5S. The van der Waals surface area contributed by atoms with Crippen LogP contribution in [0.1, 0.15) is 6.92 Å². The number of hydrazine groups is 1. The van der Waals surface area contributed by atoms with Gasteiger partial charge in [-0.05, 0) is 42.5 Å². The minimum Gasteiger partial charge on any atom is -0.484 e. The summed E-state index contributed by atoms with van der Waals surface area (Å²) in [7, 11) is 0. The number of anilines is 1. The van der Waals surface area contributed by atoms with Gasteiger partial charge in [0.15, 0.2) is 6.61 Å². The van der Waals surface area contributed by atoms with Gasteiger partial charge in [-0.2, -0.15) is 0 Å². The van der Waals surface area contributed by atoms with Gasteiger partial charge in [-0.25, -0.2) is 0 Å². The molecule has 3 aromatic rings. The van der Waals surface area contributed by atoms with Crippen molar-refractivity contribution in [1.29, 1.82) is 0 Å². The number of aromatic nitrogens is 2. The number of hydrogen-bond acceptors (Lipinski definition) is 8. The maximum atomic E-state index is 11.9. The number of halogens is 1. The molecule has 3 amide bonds. The Bertz CT molecular complexity index is 1110. The van der Waals surface area contributed by atoms with Crippen LogP contribution in [-0.2, 0) is 14.4 Å². The molecule has 0 atom stereocenters. The minimum atomic E-state index is -0.530. The second-order valence-electron chi connectivity index (χ2n) is 6.26. The van der Waals surface area contributed by atoms with Crippen LogP contribution in [0.2, 0.25) is 5.02 Å². The summed E-state index contributed by atoms with van der Waals surface area (Å²) >= 11 is 6.78. The molecule has 10 nitrogen and oxygen atoms in total. The number of amides is 3. The van der Waals surface area contributed by atoms with E-state index in [1.165, 1.54) is 6.92 Å². The van der Waals surface area contributed by atoms with Crippen molar-refractivity contribution in [2.24, 2.45) is 0 Å². The molecule has 2 aromatic carbocycles. The fourth-order valence-electron chi connectivity index (χ4n) is 2.34. The van der Waals surface area contributed by atoms with Crippen molar-refractivity contribution in [3.8, 4) is 17.2 Å². The molecular weight excluding hydrogens is 458 g/mol. The quantitative estimate of drug-likeness (QED) is 0.334. The molecule has 0 unspecified atom stereocenters. The molecule has 1 aromatic heterocycles. The highest BCUT2D eigenvalue weighted by atomic mass is 35.5. The van der Waals surface area contributed by atoms with Gasteiger partial charge in [0.05, 0.1) is 5.75 Å². The van der Waals surface area contributed by atoms with Crippen LogP contribution in [0, 0.1) is 0 Å². The van der Waals surface area contributed by atoms with Crippen molar-refractivity contribution < 1.29 is 23.5 Å². The van der Waals surface area contributed by atoms with Gasteiger partial charge >= 0.3 is 0 Å². The number of nitrogens with one attached hydrogen (secondary N) is 3. The third-order valence-corrected chi connectivity index (χ3v) is 4.76. The van der Waals surface area contributed by atoms with E-state index in [9.17, 15) is 14.4 Å². The third kappa shape index (κ3) is 7.29. The molecule has 0 aliphatic carbocycles. The highest BCUT2D eigenvalue weighted by Crippen LogP contribution is 2.25. The van der Waals surface area contributed by atoms with Crippen LogP contribution >= 0.6 is 23.4 Å². The Morgan fingerprint density at radius 3 is 2.56 bits per heavy atom. The van der Waals surface area contributed by atoms with Gasteiger partial charge in [-0.1, -0.05) is 29.4 Å². The van der Waals surface area contributed by atoms with E-state index >= 15 is 0 Å². The van der Waals surface area contributed by atoms with Gasteiger partial charge in [0.25, 0.3) is 11.1 Å². The number of rotatable bonds is 8. The second kappa shape index (κ2) is 11.2. The molecule has 32 heavy (non-hydrogen) atoms. The van der Waals surface area contributed by atoms with E-state index in [-0.39, 0.29) is 29.4 Å². The van der Waals surface area contributed by atoms with E-state index in [0.29, 0.717) is 22.0 Å². The predicted molar refractivity (Wildman–Crippen MR) is 118 cm³/mol. The largest absolute Gasteiger partial charge is 0.484 e. The first-order valence-electron chi connectivity index (χ1n) is 9.19. The summed E-state index contributed by atoms with van der Waals surface area (Å²) in [4.78, 5) is 34.9. The van der Waals surface area contributed by atoms with Gasteiger partial charge in [0.1, 0.15) is 5.75 Å². The molecule has 12 heteroatoms. The average molecular weight is 476 g/mol. The Hall–Kier alpha value is -3.57. The van der Waals surface area contributed by atoms with E-state index in [1.807, 2.05) is 0 Å². The van der Waals surface area contributed by atoms with Crippen LogP contribution < -0.4 is 20.9 Å². The van der Waals surface area contributed by atoms with Crippen LogP contribution in [0.3, 0.4) is 0 Å². The first-order chi connectivity index (χ1) is 15.4. The predicted octanol–water partition coefficient (Wildman–Crippen LogP) is 2.67. The van der Waals surface area contributed by atoms with E-state index < -0.39 is 11.8 Å². The molecule has 3 rings (SSSR count). The van der Waals surface area contributed by atoms with Crippen molar-refractivity contribution >= 4 is 46.8 Å². The Labute approximate surface area is 192 Å². The number of ether oxygens (including phenoxy) is 1. The summed E-state index contributed by atoms with van der Waals surface area (Å²) in [6, 6.07) is 13.4.